The van der Waals surface area contributed by atoms with Crippen LogP contribution in [0.1, 0.15) is 28.4 Å². The lowest BCUT2D eigenvalue weighted by Gasteiger charge is -2.09. The predicted molar refractivity (Wildman–Crippen MR) is 82.1 cm³/mol. The van der Waals surface area contributed by atoms with Gasteiger partial charge < -0.3 is 4.74 Å². The third kappa shape index (κ3) is 4.02. The average Bonchev–Trinajstić information content (AvgIpc) is 2.47. The first-order valence-electron chi connectivity index (χ1n) is 6.73. The van der Waals surface area contributed by atoms with Crippen LogP contribution in [-0.4, -0.2) is 12.4 Å². The van der Waals surface area contributed by atoms with E-state index in [1.165, 1.54) is 13.0 Å². The van der Waals surface area contributed by atoms with Gasteiger partial charge in [-0.25, -0.2) is 4.39 Å². The Balaban J connectivity index is 2.08. The van der Waals surface area contributed by atoms with Gasteiger partial charge in [-0.1, -0.05) is 36.4 Å². The van der Waals surface area contributed by atoms with Gasteiger partial charge in [0.05, 0.1) is 5.56 Å². The van der Waals surface area contributed by atoms with Gasteiger partial charge >= 0.3 is 0 Å². The number of aryl methyl sites for hydroxylation is 1. The maximum atomic E-state index is 13.5. The first-order chi connectivity index (χ1) is 10.1. The number of rotatable bonds is 5. The van der Waals surface area contributed by atoms with E-state index in [1.54, 1.807) is 13.0 Å². The van der Waals surface area contributed by atoms with Crippen LogP contribution in [0.4, 0.5) is 4.39 Å². The van der Waals surface area contributed by atoms with Gasteiger partial charge in [0.15, 0.2) is 5.78 Å². The first kappa shape index (κ1) is 15.0. The maximum Gasteiger partial charge on any atom is 0.163 e. The molecule has 0 fully saturated rings. The molecular weight excluding hydrogens is 267 g/mol. The number of carbonyl (C=O) groups excluding carboxylic acids is 1. The third-order valence-electron chi connectivity index (χ3n) is 3.09. The second-order valence-electron chi connectivity index (χ2n) is 4.78. The first-order valence-corrected chi connectivity index (χ1v) is 6.73. The lowest BCUT2D eigenvalue weighted by atomic mass is 10.1. The summed E-state index contributed by atoms with van der Waals surface area (Å²) >= 11 is 0. The molecule has 2 nitrogen and oxygen atoms in total. The lowest BCUT2D eigenvalue weighted by molar-refractivity contribution is 0.101. The fourth-order valence-electron chi connectivity index (χ4n) is 1.94. The Bertz CT molecular complexity index is 660. The smallest absolute Gasteiger partial charge is 0.163 e. The molecule has 2 rings (SSSR count). The van der Waals surface area contributed by atoms with Crippen LogP contribution >= 0.6 is 0 Å². The van der Waals surface area contributed by atoms with Crippen LogP contribution < -0.4 is 4.74 Å². The number of ketones is 1. The van der Waals surface area contributed by atoms with Crippen LogP contribution in [0, 0.1) is 12.7 Å². The van der Waals surface area contributed by atoms with E-state index in [1.807, 2.05) is 42.5 Å². The highest BCUT2D eigenvalue weighted by Gasteiger charge is 2.12. The van der Waals surface area contributed by atoms with Crippen LogP contribution in [0.25, 0.3) is 6.08 Å². The van der Waals surface area contributed by atoms with Crippen LogP contribution in [0.15, 0.2) is 48.5 Å². The molecule has 2 aromatic rings. The molecule has 108 valence electrons. The number of carbonyl (C=O) groups is 1. The summed E-state index contributed by atoms with van der Waals surface area (Å²) < 4.78 is 19.1. The molecule has 0 atom stereocenters. The fourth-order valence-corrected chi connectivity index (χ4v) is 1.94. The van der Waals surface area contributed by atoms with Crippen LogP contribution in [0.5, 0.6) is 5.75 Å². The van der Waals surface area contributed by atoms with E-state index >= 15 is 0 Å². The summed E-state index contributed by atoms with van der Waals surface area (Å²) in [6.45, 7) is 3.36. The number of halogens is 1. The summed E-state index contributed by atoms with van der Waals surface area (Å²) in [4.78, 5) is 11.5. The van der Waals surface area contributed by atoms with Gasteiger partial charge in [-0.3, -0.25) is 4.79 Å². The minimum absolute atomic E-state index is 0.212. The van der Waals surface area contributed by atoms with Gasteiger partial charge in [0.1, 0.15) is 18.2 Å². The van der Waals surface area contributed by atoms with Crippen LogP contribution in [0.3, 0.4) is 0 Å². The van der Waals surface area contributed by atoms with E-state index < -0.39 is 5.82 Å². The molecule has 0 unspecified atom stereocenters. The molecule has 0 saturated carbocycles. The number of ether oxygens (including phenoxy) is 1. The Kier molecular flexibility index (Phi) is 4.88. The monoisotopic (exact) mass is 284 g/mol. The van der Waals surface area contributed by atoms with E-state index in [-0.39, 0.29) is 11.3 Å². The molecule has 0 amide bonds. The standard InChI is InChI=1S/C18H17FO2/c1-13-11-18(16(14(2)20)12-17(13)19)21-10-6-9-15-7-4-3-5-8-15/h3-9,11-12H,10H2,1-2H3/b9-6+. The Morgan fingerprint density at radius 3 is 2.62 bits per heavy atom. The maximum absolute atomic E-state index is 13.5. The summed E-state index contributed by atoms with van der Waals surface area (Å²) in [7, 11) is 0. The van der Waals surface area contributed by atoms with Crippen molar-refractivity contribution in [1.82, 2.24) is 0 Å². The molecule has 0 heterocycles. The van der Waals surface area contributed by atoms with Crippen molar-refractivity contribution in [2.45, 2.75) is 13.8 Å². The topological polar surface area (TPSA) is 26.3 Å². The predicted octanol–water partition coefficient (Wildman–Crippen LogP) is 4.43. The van der Waals surface area contributed by atoms with Crippen LogP contribution in [0.2, 0.25) is 0 Å². The summed E-state index contributed by atoms with van der Waals surface area (Å²) in [5, 5.41) is 0. The normalized spacial score (nSPS) is 10.8. The molecule has 0 spiro atoms. The highest BCUT2D eigenvalue weighted by atomic mass is 19.1. The average molecular weight is 284 g/mol. The number of hydrogen-bond donors (Lipinski definition) is 0. The second kappa shape index (κ2) is 6.84. The zero-order valence-corrected chi connectivity index (χ0v) is 12.1. The number of benzene rings is 2. The quantitative estimate of drug-likeness (QED) is 0.759. The zero-order valence-electron chi connectivity index (χ0n) is 12.1. The van der Waals surface area contributed by atoms with Gasteiger partial charge in [-0.15, -0.1) is 0 Å². The van der Waals surface area contributed by atoms with E-state index in [9.17, 15) is 9.18 Å². The van der Waals surface area contributed by atoms with E-state index in [0.717, 1.165) is 5.56 Å². The SMILES string of the molecule is CC(=O)c1cc(F)c(C)cc1OC/C=C/c1ccccc1. The van der Waals surface area contributed by atoms with Gasteiger partial charge in [0.25, 0.3) is 0 Å². The minimum Gasteiger partial charge on any atom is -0.489 e. The summed E-state index contributed by atoms with van der Waals surface area (Å²) in [5.41, 5.74) is 1.80. The van der Waals surface area contributed by atoms with Crippen molar-refractivity contribution < 1.29 is 13.9 Å². The Hall–Kier alpha value is -2.42. The highest BCUT2D eigenvalue weighted by molar-refractivity contribution is 5.96. The van der Waals surface area contributed by atoms with Crippen molar-refractivity contribution >= 4 is 11.9 Å². The van der Waals surface area contributed by atoms with Crippen molar-refractivity contribution in [3.63, 3.8) is 0 Å². The zero-order chi connectivity index (χ0) is 15.2. The molecular formula is C18H17FO2. The molecule has 0 N–H and O–H groups in total. The van der Waals surface area contributed by atoms with Crippen molar-refractivity contribution in [3.05, 3.63) is 71.0 Å². The third-order valence-corrected chi connectivity index (χ3v) is 3.09. The molecule has 0 aliphatic rings. The molecule has 3 heteroatoms. The van der Waals surface area contributed by atoms with E-state index in [2.05, 4.69) is 0 Å². The largest absolute Gasteiger partial charge is 0.489 e. The lowest BCUT2D eigenvalue weighted by Crippen LogP contribution is -2.03. The molecule has 0 saturated heterocycles. The highest BCUT2D eigenvalue weighted by Crippen LogP contribution is 2.23. The molecule has 0 radical (unpaired) electrons. The Morgan fingerprint density at radius 2 is 1.95 bits per heavy atom. The molecule has 0 aliphatic carbocycles. The number of hydrogen-bond acceptors (Lipinski definition) is 2. The molecule has 0 aliphatic heterocycles. The van der Waals surface area contributed by atoms with Crippen molar-refractivity contribution in [3.8, 4) is 5.75 Å². The minimum atomic E-state index is -0.396. The van der Waals surface area contributed by atoms with Crippen molar-refractivity contribution in [2.24, 2.45) is 0 Å². The summed E-state index contributed by atoms with van der Waals surface area (Å²) in [6.07, 6.45) is 3.79. The molecule has 21 heavy (non-hydrogen) atoms. The summed E-state index contributed by atoms with van der Waals surface area (Å²) in [6, 6.07) is 12.6. The van der Waals surface area contributed by atoms with Crippen molar-refractivity contribution in [2.75, 3.05) is 6.61 Å². The van der Waals surface area contributed by atoms with E-state index in [0.29, 0.717) is 17.9 Å². The van der Waals surface area contributed by atoms with E-state index in [4.69, 9.17) is 4.74 Å². The van der Waals surface area contributed by atoms with Gasteiger partial charge in [0, 0.05) is 0 Å². The van der Waals surface area contributed by atoms with Crippen molar-refractivity contribution in [1.29, 1.82) is 0 Å². The number of Topliss-reactive ketones (excluding diaryl/α,β-unsaturated/α-hetero) is 1. The van der Waals surface area contributed by atoms with Gasteiger partial charge in [-0.05, 0) is 43.2 Å². The Labute approximate surface area is 123 Å². The summed E-state index contributed by atoms with van der Waals surface area (Å²) in [5.74, 6) is -0.192. The second-order valence-corrected chi connectivity index (χ2v) is 4.78. The van der Waals surface area contributed by atoms with Gasteiger partial charge in [0.2, 0.25) is 0 Å². The van der Waals surface area contributed by atoms with Gasteiger partial charge in [-0.2, -0.15) is 0 Å². The molecule has 2 aromatic carbocycles. The Morgan fingerprint density at radius 1 is 1.24 bits per heavy atom. The molecule has 0 aromatic heterocycles. The molecule has 0 bridgehead atoms. The van der Waals surface area contributed by atoms with Crippen LogP contribution in [-0.2, 0) is 0 Å². The fraction of sp³-hybridized carbons (Fsp3) is 0.167.